The molecule has 13 nitrogen and oxygen atoms in total. The monoisotopic (exact) mass is 557 g/mol. The molecule has 3 aromatic rings. The summed E-state index contributed by atoms with van der Waals surface area (Å²) < 4.78 is 12.7. The molecule has 0 amide bonds. The van der Waals surface area contributed by atoms with Gasteiger partial charge in [-0.1, -0.05) is 24.3 Å². The van der Waals surface area contributed by atoms with Gasteiger partial charge in [0.15, 0.2) is 17.1 Å². The van der Waals surface area contributed by atoms with E-state index in [1.54, 1.807) is 6.92 Å². The molecule has 2 heterocycles. The molecule has 0 spiro atoms. The number of carboxylic acid groups (broad SMARTS) is 3. The number of aromatic nitrogens is 2. The number of carbonyl (C=O) groups is 3. The van der Waals surface area contributed by atoms with E-state index in [9.17, 15) is 19.5 Å². The molecule has 214 valence electrons. The Labute approximate surface area is 229 Å². The number of hydrogen-bond acceptors (Lipinski definition) is 9. The molecule has 0 bridgehead atoms. The largest absolute Gasteiger partial charge is 0.481 e. The second-order valence-corrected chi connectivity index (χ2v) is 9.31. The lowest BCUT2D eigenvalue weighted by Crippen LogP contribution is -2.42. The quantitative estimate of drug-likeness (QED) is 0.217. The van der Waals surface area contributed by atoms with Crippen molar-refractivity contribution in [3.05, 3.63) is 72.1 Å². The number of ether oxygens (including phenoxy) is 2. The van der Waals surface area contributed by atoms with Crippen molar-refractivity contribution in [1.82, 2.24) is 14.7 Å². The minimum absolute atomic E-state index is 0.273. The molecule has 2 aromatic carbocycles. The first kappa shape index (κ1) is 30.1. The van der Waals surface area contributed by atoms with Crippen LogP contribution in [0.4, 0.5) is 0 Å². The van der Waals surface area contributed by atoms with Gasteiger partial charge in [-0.3, -0.25) is 14.5 Å². The molecule has 13 heteroatoms. The summed E-state index contributed by atoms with van der Waals surface area (Å²) in [6, 6.07) is 16.0. The number of para-hydroxylation sites is 1. The molecule has 0 fully saturated rings. The van der Waals surface area contributed by atoms with Crippen LogP contribution in [0.25, 0.3) is 5.69 Å². The maximum absolute atomic E-state index is 10.3. The van der Waals surface area contributed by atoms with Crippen LogP contribution in [-0.2, 0) is 27.5 Å². The first-order valence-electron chi connectivity index (χ1n) is 12.2. The van der Waals surface area contributed by atoms with Gasteiger partial charge in [0, 0.05) is 31.4 Å². The van der Waals surface area contributed by atoms with Crippen molar-refractivity contribution in [1.29, 1.82) is 0 Å². The van der Waals surface area contributed by atoms with E-state index in [1.807, 2.05) is 65.6 Å². The molecule has 0 saturated heterocycles. The Morgan fingerprint density at radius 3 is 2.20 bits per heavy atom. The Morgan fingerprint density at radius 2 is 1.60 bits per heavy atom. The summed E-state index contributed by atoms with van der Waals surface area (Å²) in [4.78, 5) is 32.7. The highest BCUT2D eigenvalue weighted by atomic mass is 16.7. The molecular weight excluding hydrogens is 526 g/mol. The molecule has 0 radical (unpaired) electrons. The van der Waals surface area contributed by atoms with Crippen molar-refractivity contribution in [2.24, 2.45) is 0 Å². The van der Waals surface area contributed by atoms with E-state index in [0.717, 1.165) is 28.3 Å². The highest BCUT2D eigenvalue weighted by Gasteiger charge is 2.40. The summed E-state index contributed by atoms with van der Waals surface area (Å²) in [5.41, 5.74) is 0.509. The molecule has 1 unspecified atom stereocenters. The van der Waals surface area contributed by atoms with Gasteiger partial charge in [0.25, 0.3) is 0 Å². The van der Waals surface area contributed by atoms with E-state index >= 15 is 0 Å². The van der Waals surface area contributed by atoms with Crippen LogP contribution in [-0.4, -0.2) is 83.2 Å². The number of benzene rings is 2. The normalized spacial score (nSPS) is 12.9. The maximum Gasteiger partial charge on any atom is 0.336 e. The summed E-state index contributed by atoms with van der Waals surface area (Å²) in [5, 5.41) is 48.2. The average Bonchev–Trinajstić information content (AvgIpc) is 3.53. The van der Waals surface area contributed by atoms with Crippen molar-refractivity contribution >= 4 is 17.9 Å². The van der Waals surface area contributed by atoms with E-state index in [4.69, 9.17) is 29.9 Å². The van der Waals surface area contributed by atoms with Crippen molar-refractivity contribution in [3.8, 4) is 17.2 Å². The number of nitrogens with zero attached hydrogens (tertiary/aromatic N) is 3. The minimum atomic E-state index is -2.74. The van der Waals surface area contributed by atoms with Gasteiger partial charge in [-0.05, 0) is 36.8 Å². The van der Waals surface area contributed by atoms with Gasteiger partial charge < -0.3 is 35.0 Å². The van der Waals surface area contributed by atoms with E-state index in [1.165, 1.54) is 0 Å². The summed E-state index contributed by atoms with van der Waals surface area (Å²) in [5.74, 6) is -3.46. The van der Waals surface area contributed by atoms with Crippen LogP contribution in [0, 0.1) is 0 Å². The molecule has 5 N–H and O–H groups in total. The van der Waals surface area contributed by atoms with Gasteiger partial charge in [-0.25, -0.2) is 9.48 Å². The zero-order valence-corrected chi connectivity index (χ0v) is 21.7. The van der Waals surface area contributed by atoms with Gasteiger partial charge in [0.1, 0.15) is 0 Å². The van der Waals surface area contributed by atoms with Gasteiger partial charge >= 0.3 is 17.9 Å². The Hall–Kier alpha value is -4.46. The van der Waals surface area contributed by atoms with Crippen molar-refractivity contribution in [3.63, 3.8) is 0 Å². The Balaban J connectivity index is 0.000000289. The van der Waals surface area contributed by atoms with E-state index < -0.39 is 42.5 Å². The summed E-state index contributed by atoms with van der Waals surface area (Å²) >= 11 is 0. The van der Waals surface area contributed by atoms with Crippen LogP contribution >= 0.6 is 0 Å². The SMILES string of the molecule is CC(O)CN(Cc1ccc2c(c1)OCO2)Cc1cnn(-c2ccccc2)c1.O=C(O)CC(O)(CC(=O)O)C(=O)O. The predicted molar refractivity (Wildman–Crippen MR) is 139 cm³/mol. The molecule has 1 aliphatic rings. The van der Waals surface area contributed by atoms with Crippen molar-refractivity contribution < 1.29 is 49.4 Å². The van der Waals surface area contributed by atoms with Crippen LogP contribution in [0.5, 0.6) is 11.5 Å². The Morgan fingerprint density at radius 1 is 0.975 bits per heavy atom. The van der Waals surface area contributed by atoms with Gasteiger partial charge in [-0.2, -0.15) is 5.10 Å². The zero-order chi connectivity index (χ0) is 29.3. The standard InChI is InChI=1S/C21H23N3O3.C6H8O7/c1-16(25)11-23(12-17-7-8-20-21(9-17)27-15-26-20)13-18-10-22-24(14-18)19-5-3-2-4-6-19;7-3(8)1-6(13,5(11)12)2-4(9)10/h2-10,14,16,25H,11-13,15H2,1H3;13H,1-2H2,(H,7,8)(H,9,10)(H,11,12). The fourth-order valence-corrected chi connectivity index (χ4v) is 3.99. The lowest BCUT2D eigenvalue weighted by Gasteiger charge is -2.23. The van der Waals surface area contributed by atoms with Crippen LogP contribution in [0.15, 0.2) is 60.9 Å². The Bertz CT molecular complexity index is 1290. The molecule has 1 aliphatic heterocycles. The number of aliphatic carboxylic acids is 3. The summed E-state index contributed by atoms with van der Waals surface area (Å²) in [7, 11) is 0. The van der Waals surface area contributed by atoms with E-state index in [-0.39, 0.29) is 6.79 Å². The molecule has 1 atom stereocenters. The number of rotatable bonds is 12. The van der Waals surface area contributed by atoms with Crippen LogP contribution in [0.3, 0.4) is 0 Å². The van der Waals surface area contributed by atoms with Crippen LogP contribution < -0.4 is 9.47 Å². The second kappa shape index (κ2) is 13.6. The number of fused-ring (bicyclic) bond motifs is 1. The van der Waals surface area contributed by atoms with Gasteiger partial charge in [-0.15, -0.1) is 0 Å². The maximum atomic E-state index is 10.3. The third kappa shape index (κ3) is 8.80. The number of carboxylic acids is 3. The molecule has 4 rings (SSSR count). The smallest absolute Gasteiger partial charge is 0.336 e. The fourth-order valence-electron chi connectivity index (χ4n) is 3.99. The minimum Gasteiger partial charge on any atom is -0.481 e. The third-order valence-electron chi connectivity index (χ3n) is 5.71. The summed E-state index contributed by atoms with van der Waals surface area (Å²) in [6.45, 7) is 4.06. The molecule has 1 aromatic heterocycles. The average molecular weight is 558 g/mol. The highest BCUT2D eigenvalue weighted by molar-refractivity contribution is 5.88. The van der Waals surface area contributed by atoms with E-state index in [0.29, 0.717) is 19.6 Å². The molecule has 0 aliphatic carbocycles. The Kier molecular flexibility index (Phi) is 10.2. The number of hydrogen-bond donors (Lipinski definition) is 5. The first-order chi connectivity index (χ1) is 18.9. The lowest BCUT2D eigenvalue weighted by atomic mass is 9.96. The number of aliphatic hydroxyl groups excluding tert-OH is 1. The topological polar surface area (TPSA) is 192 Å². The van der Waals surface area contributed by atoms with Crippen LogP contribution in [0.1, 0.15) is 30.9 Å². The van der Waals surface area contributed by atoms with Crippen molar-refractivity contribution in [2.45, 2.75) is 44.6 Å². The van der Waals surface area contributed by atoms with Crippen molar-refractivity contribution in [2.75, 3.05) is 13.3 Å². The number of aliphatic hydroxyl groups is 2. The zero-order valence-electron chi connectivity index (χ0n) is 21.7. The summed E-state index contributed by atoms with van der Waals surface area (Å²) in [6.07, 6.45) is 1.21. The second-order valence-electron chi connectivity index (χ2n) is 9.31. The van der Waals surface area contributed by atoms with Gasteiger partial charge in [0.05, 0.1) is 30.8 Å². The molecule has 40 heavy (non-hydrogen) atoms. The predicted octanol–water partition coefficient (Wildman–Crippen LogP) is 1.74. The lowest BCUT2D eigenvalue weighted by molar-refractivity contribution is -0.170. The fraction of sp³-hybridized carbons (Fsp3) is 0.333. The third-order valence-corrected chi connectivity index (χ3v) is 5.71. The van der Waals surface area contributed by atoms with Crippen LogP contribution in [0.2, 0.25) is 0 Å². The van der Waals surface area contributed by atoms with E-state index in [2.05, 4.69) is 10.00 Å². The van der Waals surface area contributed by atoms with Gasteiger partial charge in [0.2, 0.25) is 6.79 Å². The highest BCUT2D eigenvalue weighted by Crippen LogP contribution is 2.33. The molecular formula is C27H31N3O10. The molecule has 0 saturated carbocycles. The first-order valence-corrected chi connectivity index (χ1v) is 12.2.